The van der Waals surface area contributed by atoms with Crippen LogP contribution in [0.3, 0.4) is 0 Å². The zero-order chi connectivity index (χ0) is 11.5. The smallest absolute Gasteiger partial charge is 0.217 e. The van der Waals surface area contributed by atoms with E-state index in [-0.39, 0.29) is 17.6 Å². The van der Waals surface area contributed by atoms with Crippen LogP contribution in [0.25, 0.3) is 0 Å². The summed E-state index contributed by atoms with van der Waals surface area (Å²) in [6.45, 7) is 3.49. The molecule has 0 atom stereocenters. The maximum atomic E-state index is 13.7. The van der Waals surface area contributed by atoms with E-state index in [9.17, 15) is 9.18 Å². The van der Waals surface area contributed by atoms with E-state index in [1.807, 2.05) is 6.07 Å². The van der Waals surface area contributed by atoms with Crippen LogP contribution < -0.4 is 10.6 Å². The molecule has 2 rings (SSSR count). The van der Waals surface area contributed by atoms with Gasteiger partial charge in [0.05, 0.1) is 0 Å². The molecule has 86 valence electrons. The van der Waals surface area contributed by atoms with Crippen molar-refractivity contribution < 1.29 is 9.18 Å². The van der Waals surface area contributed by atoms with Gasteiger partial charge in [0.15, 0.2) is 0 Å². The van der Waals surface area contributed by atoms with Crippen molar-refractivity contribution in [1.29, 1.82) is 0 Å². The van der Waals surface area contributed by atoms with Crippen molar-refractivity contribution in [3.8, 4) is 0 Å². The molecule has 1 aliphatic rings. The first kappa shape index (κ1) is 11.1. The highest BCUT2D eigenvalue weighted by Crippen LogP contribution is 2.26. The van der Waals surface area contributed by atoms with Gasteiger partial charge >= 0.3 is 0 Å². The molecule has 0 aliphatic carbocycles. The number of benzene rings is 1. The summed E-state index contributed by atoms with van der Waals surface area (Å²) >= 11 is 0. The average molecular weight is 222 g/mol. The van der Waals surface area contributed by atoms with Gasteiger partial charge in [-0.1, -0.05) is 12.1 Å². The highest BCUT2D eigenvalue weighted by Gasteiger charge is 2.24. The predicted molar refractivity (Wildman–Crippen MR) is 59.5 cm³/mol. The molecule has 0 saturated carbocycles. The quantitative estimate of drug-likeness (QED) is 0.805. The summed E-state index contributed by atoms with van der Waals surface area (Å²) in [5.41, 5.74) is 1.62. The van der Waals surface area contributed by atoms with Crippen LogP contribution in [0.2, 0.25) is 0 Å². The lowest BCUT2D eigenvalue weighted by Gasteiger charge is -2.29. The van der Waals surface area contributed by atoms with Crippen LogP contribution >= 0.6 is 0 Å². The van der Waals surface area contributed by atoms with Crippen molar-refractivity contribution in [1.82, 2.24) is 10.6 Å². The van der Waals surface area contributed by atoms with E-state index < -0.39 is 0 Å². The predicted octanol–water partition coefficient (Wildman–Crippen LogP) is 1.15. The van der Waals surface area contributed by atoms with Crippen LogP contribution in [0.15, 0.2) is 18.2 Å². The Bertz CT molecular complexity index is 402. The SMILES string of the molecule is CC(=O)NCc1cccc(F)c1C1CNC1. The summed E-state index contributed by atoms with van der Waals surface area (Å²) in [5.74, 6) is -0.0266. The van der Waals surface area contributed by atoms with Gasteiger partial charge in [-0.2, -0.15) is 0 Å². The zero-order valence-electron chi connectivity index (χ0n) is 9.22. The highest BCUT2D eigenvalue weighted by atomic mass is 19.1. The summed E-state index contributed by atoms with van der Waals surface area (Å²) in [7, 11) is 0. The van der Waals surface area contributed by atoms with Gasteiger partial charge in [-0.05, 0) is 17.2 Å². The monoisotopic (exact) mass is 222 g/mol. The molecule has 1 fully saturated rings. The summed E-state index contributed by atoms with van der Waals surface area (Å²) in [6, 6.07) is 5.03. The topological polar surface area (TPSA) is 41.1 Å². The first-order valence-electron chi connectivity index (χ1n) is 5.41. The highest BCUT2D eigenvalue weighted by molar-refractivity contribution is 5.72. The largest absolute Gasteiger partial charge is 0.352 e. The third-order valence-corrected chi connectivity index (χ3v) is 2.86. The minimum absolute atomic E-state index is 0.0954. The summed E-state index contributed by atoms with van der Waals surface area (Å²) in [4.78, 5) is 10.8. The third kappa shape index (κ3) is 2.22. The molecule has 1 amide bonds. The Morgan fingerprint density at radius 1 is 1.56 bits per heavy atom. The number of nitrogens with one attached hydrogen (secondary N) is 2. The van der Waals surface area contributed by atoms with Crippen LogP contribution in [0.5, 0.6) is 0 Å². The molecule has 4 heteroatoms. The third-order valence-electron chi connectivity index (χ3n) is 2.86. The molecular weight excluding hydrogens is 207 g/mol. The van der Waals surface area contributed by atoms with Crippen molar-refractivity contribution >= 4 is 5.91 Å². The van der Waals surface area contributed by atoms with Gasteiger partial charge in [0.2, 0.25) is 5.91 Å². The van der Waals surface area contributed by atoms with E-state index in [4.69, 9.17) is 0 Å². The first-order chi connectivity index (χ1) is 7.68. The molecule has 1 heterocycles. The summed E-state index contributed by atoms with van der Waals surface area (Å²) < 4.78 is 13.7. The molecular formula is C12H15FN2O. The molecule has 2 N–H and O–H groups in total. The lowest BCUT2D eigenvalue weighted by molar-refractivity contribution is -0.119. The fourth-order valence-corrected chi connectivity index (χ4v) is 1.91. The van der Waals surface area contributed by atoms with E-state index >= 15 is 0 Å². The lowest BCUT2D eigenvalue weighted by Crippen LogP contribution is -2.41. The van der Waals surface area contributed by atoms with E-state index in [0.29, 0.717) is 6.54 Å². The molecule has 16 heavy (non-hydrogen) atoms. The van der Waals surface area contributed by atoms with Crippen LogP contribution in [0.4, 0.5) is 4.39 Å². The summed E-state index contributed by atoms with van der Waals surface area (Å²) in [5, 5.41) is 5.83. The fraction of sp³-hybridized carbons (Fsp3) is 0.417. The van der Waals surface area contributed by atoms with Crippen LogP contribution in [-0.2, 0) is 11.3 Å². The van der Waals surface area contributed by atoms with Crippen LogP contribution in [0, 0.1) is 5.82 Å². The van der Waals surface area contributed by atoms with Gasteiger partial charge in [-0.15, -0.1) is 0 Å². The molecule has 0 bridgehead atoms. The van der Waals surface area contributed by atoms with E-state index in [1.54, 1.807) is 6.07 Å². The molecule has 0 unspecified atom stereocenters. The number of amides is 1. The number of hydrogen-bond acceptors (Lipinski definition) is 2. The number of halogens is 1. The minimum atomic E-state index is -0.172. The van der Waals surface area contributed by atoms with Crippen molar-refractivity contribution in [2.24, 2.45) is 0 Å². The summed E-state index contributed by atoms with van der Waals surface area (Å²) in [6.07, 6.45) is 0. The molecule has 0 spiro atoms. The Hall–Kier alpha value is -1.42. The molecule has 0 aromatic heterocycles. The Balaban J connectivity index is 2.21. The molecule has 1 saturated heterocycles. The molecule has 1 aromatic rings. The standard InChI is InChI=1S/C12H15FN2O/c1-8(16)15-7-9-3-2-4-11(13)12(9)10-5-14-6-10/h2-4,10,14H,5-7H2,1H3,(H,15,16). The van der Waals surface area contributed by atoms with Crippen molar-refractivity contribution in [3.05, 3.63) is 35.1 Å². The molecule has 0 radical (unpaired) electrons. The fourth-order valence-electron chi connectivity index (χ4n) is 1.91. The van der Waals surface area contributed by atoms with Crippen LogP contribution in [0.1, 0.15) is 24.0 Å². The lowest BCUT2D eigenvalue weighted by atomic mass is 9.89. The van der Waals surface area contributed by atoms with Gasteiger partial charge < -0.3 is 10.6 Å². The van der Waals surface area contributed by atoms with Crippen molar-refractivity contribution in [3.63, 3.8) is 0 Å². The maximum absolute atomic E-state index is 13.7. The number of carbonyl (C=O) groups excluding carboxylic acids is 1. The second-order valence-corrected chi connectivity index (χ2v) is 4.08. The Labute approximate surface area is 94.0 Å². The second kappa shape index (κ2) is 4.61. The van der Waals surface area contributed by atoms with Crippen molar-refractivity contribution in [2.45, 2.75) is 19.4 Å². The second-order valence-electron chi connectivity index (χ2n) is 4.08. The Kier molecular flexibility index (Phi) is 3.19. The van der Waals surface area contributed by atoms with E-state index in [0.717, 1.165) is 24.2 Å². The normalized spacial score (nSPS) is 15.6. The van der Waals surface area contributed by atoms with Gasteiger partial charge in [-0.3, -0.25) is 4.79 Å². The van der Waals surface area contributed by atoms with Gasteiger partial charge in [0.1, 0.15) is 5.82 Å². The van der Waals surface area contributed by atoms with Crippen LogP contribution in [-0.4, -0.2) is 19.0 Å². The average Bonchev–Trinajstić information content (AvgIpc) is 2.16. The minimum Gasteiger partial charge on any atom is -0.352 e. The van der Waals surface area contributed by atoms with Crippen molar-refractivity contribution in [2.75, 3.05) is 13.1 Å². The number of rotatable bonds is 3. The Morgan fingerprint density at radius 2 is 2.31 bits per heavy atom. The maximum Gasteiger partial charge on any atom is 0.217 e. The van der Waals surface area contributed by atoms with E-state index in [2.05, 4.69) is 10.6 Å². The number of carbonyl (C=O) groups is 1. The molecule has 1 aromatic carbocycles. The van der Waals surface area contributed by atoms with Gasteiger partial charge in [0.25, 0.3) is 0 Å². The Morgan fingerprint density at radius 3 is 2.88 bits per heavy atom. The number of hydrogen-bond donors (Lipinski definition) is 2. The zero-order valence-corrected chi connectivity index (χ0v) is 9.22. The molecule has 1 aliphatic heterocycles. The van der Waals surface area contributed by atoms with E-state index in [1.165, 1.54) is 13.0 Å². The van der Waals surface area contributed by atoms with Gasteiger partial charge in [-0.25, -0.2) is 4.39 Å². The van der Waals surface area contributed by atoms with Gasteiger partial charge in [0, 0.05) is 32.5 Å². The molecule has 3 nitrogen and oxygen atoms in total. The first-order valence-corrected chi connectivity index (χ1v) is 5.41.